The second-order valence-electron chi connectivity index (χ2n) is 5.70. The smallest absolute Gasteiger partial charge is 0.264 e. The van der Waals surface area contributed by atoms with Crippen LogP contribution in [0.1, 0.15) is 27.7 Å². The van der Waals surface area contributed by atoms with Crippen LogP contribution in [0.4, 0.5) is 5.69 Å². The van der Waals surface area contributed by atoms with Crippen LogP contribution in [0.3, 0.4) is 0 Å². The lowest BCUT2D eigenvalue weighted by Crippen LogP contribution is -2.37. The molecule has 2 rings (SSSR count). The summed E-state index contributed by atoms with van der Waals surface area (Å²) in [6, 6.07) is 13.6. The predicted octanol–water partition coefficient (Wildman–Crippen LogP) is 4.09. The van der Waals surface area contributed by atoms with Crippen LogP contribution < -0.4 is 13.8 Å². The number of para-hydroxylation sites is 1. The third kappa shape index (κ3) is 4.25. The van der Waals surface area contributed by atoms with Crippen molar-refractivity contribution in [2.75, 3.05) is 17.5 Å². The molecule has 6 heteroatoms. The molecule has 25 heavy (non-hydrogen) atoms. The van der Waals surface area contributed by atoms with Gasteiger partial charge in [-0.25, -0.2) is 8.42 Å². The summed E-state index contributed by atoms with van der Waals surface area (Å²) in [4.78, 5) is 0.178. The second kappa shape index (κ2) is 8.25. The van der Waals surface area contributed by atoms with Crippen molar-refractivity contribution < 1.29 is 17.9 Å². The highest BCUT2D eigenvalue weighted by atomic mass is 32.2. The van der Waals surface area contributed by atoms with Gasteiger partial charge in [-0.3, -0.25) is 4.31 Å². The van der Waals surface area contributed by atoms with Crippen LogP contribution >= 0.6 is 0 Å². The molecule has 0 amide bonds. The van der Waals surface area contributed by atoms with E-state index in [1.807, 2.05) is 45.9 Å². The van der Waals surface area contributed by atoms with E-state index in [-0.39, 0.29) is 10.9 Å². The molecule has 0 spiro atoms. The lowest BCUT2D eigenvalue weighted by molar-refractivity contribution is 0.287. The predicted molar refractivity (Wildman–Crippen MR) is 100 cm³/mol. The zero-order valence-electron chi connectivity index (χ0n) is 15.1. The Morgan fingerprint density at radius 1 is 0.920 bits per heavy atom. The van der Waals surface area contributed by atoms with E-state index in [1.165, 1.54) is 10.4 Å². The van der Waals surface area contributed by atoms with E-state index >= 15 is 0 Å². The van der Waals surface area contributed by atoms with E-state index < -0.39 is 10.0 Å². The van der Waals surface area contributed by atoms with Crippen LogP contribution in [-0.2, 0) is 10.0 Å². The average Bonchev–Trinajstić information content (AvgIpc) is 2.57. The number of anilines is 1. The van der Waals surface area contributed by atoms with Gasteiger partial charge in [0.05, 0.1) is 23.8 Å². The topological polar surface area (TPSA) is 55.8 Å². The quantitative estimate of drug-likeness (QED) is 0.709. The zero-order valence-corrected chi connectivity index (χ0v) is 15.9. The minimum atomic E-state index is -3.73. The molecule has 2 aromatic carbocycles. The summed E-state index contributed by atoms with van der Waals surface area (Å²) < 4.78 is 39.0. The first-order valence-corrected chi connectivity index (χ1v) is 9.85. The summed E-state index contributed by atoms with van der Waals surface area (Å²) in [7, 11) is -3.73. The fraction of sp³-hybridized carbons (Fsp3) is 0.368. The maximum absolute atomic E-state index is 13.2. The summed E-state index contributed by atoms with van der Waals surface area (Å²) in [6.45, 7) is 8.33. The first kappa shape index (κ1) is 19.1. The number of sulfonamides is 1. The van der Waals surface area contributed by atoms with Crippen LogP contribution in [-0.4, -0.2) is 27.7 Å². The van der Waals surface area contributed by atoms with Crippen molar-refractivity contribution in [3.05, 3.63) is 48.5 Å². The van der Waals surface area contributed by atoms with Crippen molar-refractivity contribution in [1.29, 1.82) is 0 Å². The standard InChI is InChI=1S/C19H25NO4S/c1-5-23-18-13-12-17(14-19(18)24-6-2)25(21,22)20(15(3)4)16-10-8-7-9-11-16/h7-15H,5-6H2,1-4H3. The van der Waals surface area contributed by atoms with Crippen LogP contribution in [0, 0.1) is 0 Å². The molecule has 0 saturated carbocycles. The highest BCUT2D eigenvalue weighted by molar-refractivity contribution is 7.92. The highest BCUT2D eigenvalue weighted by Crippen LogP contribution is 2.33. The molecular formula is C19H25NO4S. The van der Waals surface area contributed by atoms with Gasteiger partial charge in [-0.1, -0.05) is 18.2 Å². The summed E-state index contributed by atoms with van der Waals surface area (Å²) in [5.74, 6) is 0.973. The van der Waals surface area contributed by atoms with Crippen molar-refractivity contribution in [3.63, 3.8) is 0 Å². The minimum absolute atomic E-state index is 0.178. The van der Waals surface area contributed by atoms with E-state index in [2.05, 4.69) is 0 Å². The Bertz CT molecular complexity index is 788. The summed E-state index contributed by atoms with van der Waals surface area (Å²) in [6.07, 6.45) is 0. The van der Waals surface area contributed by atoms with Crippen LogP contribution in [0.5, 0.6) is 11.5 Å². The Morgan fingerprint density at radius 3 is 2.08 bits per heavy atom. The van der Waals surface area contributed by atoms with E-state index in [9.17, 15) is 8.42 Å². The molecular weight excluding hydrogens is 338 g/mol. The molecule has 0 aliphatic carbocycles. The number of nitrogens with zero attached hydrogens (tertiary/aromatic N) is 1. The van der Waals surface area contributed by atoms with Gasteiger partial charge in [0.25, 0.3) is 10.0 Å². The lowest BCUT2D eigenvalue weighted by atomic mass is 10.3. The van der Waals surface area contributed by atoms with Gasteiger partial charge >= 0.3 is 0 Å². The summed E-state index contributed by atoms with van der Waals surface area (Å²) in [5, 5.41) is 0. The van der Waals surface area contributed by atoms with Crippen molar-refractivity contribution >= 4 is 15.7 Å². The summed E-state index contributed by atoms with van der Waals surface area (Å²) >= 11 is 0. The summed E-state index contributed by atoms with van der Waals surface area (Å²) in [5.41, 5.74) is 0.629. The zero-order chi connectivity index (χ0) is 18.4. The van der Waals surface area contributed by atoms with Crippen molar-refractivity contribution in [2.45, 2.75) is 38.6 Å². The Labute approximate surface area is 150 Å². The molecule has 0 aliphatic rings. The fourth-order valence-corrected chi connectivity index (χ4v) is 4.27. The molecule has 0 aliphatic heterocycles. The van der Waals surface area contributed by atoms with Gasteiger partial charge in [-0.15, -0.1) is 0 Å². The van der Waals surface area contributed by atoms with Crippen molar-refractivity contribution in [3.8, 4) is 11.5 Å². The van der Waals surface area contributed by atoms with Gasteiger partial charge in [-0.05, 0) is 52.0 Å². The molecule has 0 fully saturated rings. The fourth-order valence-electron chi connectivity index (χ4n) is 2.59. The first-order chi connectivity index (χ1) is 11.9. The van der Waals surface area contributed by atoms with Crippen molar-refractivity contribution in [2.24, 2.45) is 0 Å². The number of ether oxygens (including phenoxy) is 2. The van der Waals surface area contributed by atoms with Gasteiger partial charge in [0, 0.05) is 12.1 Å². The molecule has 0 bridgehead atoms. The SMILES string of the molecule is CCOc1ccc(S(=O)(=O)N(c2ccccc2)C(C)C)cc1OCC. The number of hydrogen-bond donors (Lipinski definition) is 0. The van der Waals surface area contributed by atoms with Gasteiger partial charge in [0.15, 0.2) is 11.5 Å². The maximum Gasteiger partial charge on any atom is 0.264 e. The maximum atomic E-state index is 13.2. The monoisotopic (exact) mass is 363 g/mol. The van der Waals surface area contributed by atoms with Crippen molar-refractivity contribution in [1.82, 2.24) is 0 Å². The van der Waals surface area contributed by atoms with Crippen LogP contribution in [0.2, 0.25) is 0 Å². The Hall–Kier alpha value is -2.21. The molecule has 0 radical (unpaired) electrons. The molecule has 136 valence electrons. The van der Waals surface area contributed by atoms with E-state index in [0.29, 0.717) is 30.4 Å². The van der Waals surface area contributed by atoms with E-state index in [0.717, 1.165) is 0 Å². The molecule has 0 atom stereocenters. The van der Waals surface area contributed by atoms with Gasteiger partial charge < -0.3 is 9.47 Å². The Balaban J connectivity index is 2.51. The molecule has 2 aromatic rings. The average molecular weight is 363 g/mol. The molecule has 0 aromatic heterocycles. The Kier molecular flexibility index (Phi) is 6.31. The second-order valence-corrected chi connectivity index (χ2v) is 7.52. The Morgan fingerprint density at radius 2 is 1.52 bits per heavy atom. The minimum Gasteiger partial charge on any atom is -0.490 e. The van der Waals surface area contributed by atoms with Crippen LogP contribution in [0.25, 0.3) is 0 Å². The number of benzene rings is 2. The molecule has 0 heterocycles. The van der Waals surface area contributed by atoms with Gasteiger partial charge in [-0.2, -0.15) is 0 Å². The largest absolute Gasteiger partial charge is 0.490 e. The van der Waals surface area contributed by atoms with Crippen LogP contribution in [0.15, 0.2) is 53.4 Å². The van der Waals surface area contributed by atoms with Gasteiger partial charge in [0.2, 0.25) is 0 Å². The molecule has 0 N–H and O–H groups in total. The third-order valence-corrected chi connectivity index (χ3v) is 5.55. The first-order valence-electron chi connectivity index (χ1n) is 8.41. The van der Waals surface area contributed by atoms with E-state index in [1.54, 1.807) is 24.3 Å². The highest BCUT2D eigenvalue weighted by Gasteiger charge is 2.28. The molecule has 5 nitrogen and oxygen atoms in total. The van der Waals surface area contributed by atoms with Gasteiger partial charge in [0.1, 0.15) is 0 Å². The van der Waals surface area contributed by atoms with E-state index in [4.69, 9.17) is 9.47 Å². The number of hydrogen-bond acceptors (Lipinski definition) is 4. The third-order valence-electron chi connectivity index (χ3n) is 3.55. The molecule has 0 saturated heterocycles. The molecule has 0 unspecified atom stereocenters. The number of rotatable bonds is 8. The normalized spacial score (nSPS) is 11.4. The lowest BCUT2D eigenvalue weighted by Gasteiger charge is -2.28.